The molecule has 0 saturated carbocycles. The lowest BCUT2D eigenvalue weighted by Gasteiger charge is -2.13. The molecular weight excluding hydrogens is 480 g/mol. The third-order valence-corrected chi connectivity index (χ3v) is 4.64. The maximum absolute atomic E-state index is 12.3. The predicted molar refractivity (Wildman–Crippen MR) is 107 cm³/mol. The van der Waals surface area contributed by atoms with Gasteiger partial charge in [0.15, 0.2) is 0 Å². The summed E-state index contributed by atoms with van der Waals surface area (Å²) in [5.74, 6) is -9.40. The molecule has 182 valence electrons. The van der Waals surface area contributed by atoms with E-state index in [0.29, 0.717) is 0 Å². The van der Waals surface area contributed by atoms with E-state index in [0.717, 1.165) is 36.4 Å². The number of aromatic carboxylic acids is 4. The monoisotopic (exact) mass is 490 g/mol. The number of esters is 2. The minimum Gasteiger partial charge on any atom is -0.545 e. The van der Waals surface area contributed by atoms with Gasteiger partial charge in [-0.25, -0.2) is 9.59 Å². The summed E-state index contributed by atoms with van der Waals surface area (Å²) in [7, 11) is 0. The van der Waals surface area contributed by atoms with Crippen LogP contribution < -0.4 is 29.9 Å². The molecule has 0 spiro atoms. The normalized spacial score (nSPS) is 10.2. The second kappa shape index (κ2) is 10.2. The summed E-state index contributed by atoms with van der Waals surface area (Å²) in [5, 5.41) is 44.2. The lowest BCUT2D eigenvalue weighted by molar-refractivity contribution is -0.259. The van der Waals surface area contributed by atoms with E-state index in [-0.39, 0.29) is 22.6 Å². The molecule has 0 N–H and O–H groups in total. The van der Waals surface area contributed by atoms with Gasteiger partial charge in [0.2, 0.25) is 0 Å². The second-order valence-electron chi connectivity index (χ2n) is 6.92. The van der Waals surface area contributed by atoms with Crippen LogP contribution in [0.25, 0.3) is 0 Å². The van der Waals surface area contributed by atoms with E-state index >= 15 is 0 Å². The average Bonchev–Trinajstić information content (AvgIpc) is 2.84. The zero-order chi connectivity index (χ0) is 26.6. The van der Waals surface area contributed by atoms with Crippen LogP contribution in [0, 0.1) is 0 Å². The molecule has 12 heteroatoms. The third-order valence-electron chi connectivity index (χ3n) is 4.64. The van der Waals surface area contributed by atoms with Crippen LogP contribution in [0.1, 0.15) is 62.1 Å². The molecule has 0 fully saturated rings. The number of carbonyl (C=O) groups is 6. The van der Waals surface area contributed by atoms with Crippen LogP contribution in [0.15, 0.2) is 60.7 Å². The lowest BCUT2D eigenvalue weighted by atomic mass is 10.0. The molecule has 3 aromatic carbocycles. The molecule has 0 aliphatic heterocycles. The summed E-state index contributed by atoms with van der Waals surface area (Å²) in [5.41, 5.74) is -3.50. The fourth-order valence-electron chi connectivity index (χ4n) is 2.94. The summed E-state index contributed by atoms with van der Waals surface area (Å²) in [6.45, 7) is 0. The molecule has 0 aromatic heterocycles. The molecular formula is C24H10O12-4. The van der Waals surface area contributed by atoms with E-state index < -0.39 is 58.1 Å². The highest BCUT2D eigenvalue weighted by atomic mass is 16.5. The molecule has 0 saturated heterocycles. The highest BCUT2D eigenvalue weighted by Crippen LogP contribution is 2.21. The van der Waals surface area contributed by atoms with Crippen molar-refractivity contribution in [2.75, 3.05) is 0 Å². The van der Waals surface area contributed by atoms with Gasteiger partial charge in [0.05, 0.1) is 35.0 Å². The van der Waals surface area contributed by atoms with Crippen LogP contribution in [0.5, 0.6) is 11.5 Å². The van der Waals surface area contributed by atoms with Crippen molar-refractivity contribution in [1.29, 1.82) is 0 Å². The van der Waals surface area contributed by atoms with Crippen molar-refractivity contribution in [3.8, 4) is 11.5 Å². The quantitative estimate of drug-likeness (QED) is 0.238. The smallest absolute Gasteiger partial charge is 0.343 e. The zero-order valence-electron chi connectivity index (χ0n) is 17.7. The summed E-state index contributed by atoms with van der Waals surface area (Å²) >= 11 is 0. The van der Waals surface area contributed by atoms with Crippen LogP contribution in [-0.4, -0.2) is 35.8 Å². The fraction of sp³-hybridized carbons (Fsp3) is 0. The van der Waals surface area contributed by atoms with Gasteiger partial charge < -0.3 is 49.1 Å². The van der Waals surface area contributed by atoms with Gasteiger partial charge in [-0.1, -0.05) is 12.1 Å². The van der Waals surface area contributed by atoms with Crippen molar-refractivity contribution in [3.05, 3.63) is 94.0 Å². The Hall–Kier alpha value is -5.52. The van der Waals surface area contributed by atoms with Crippen LogP contribution >= 0.6 is 0 Å². The summed E-state index contributed by atoms with van der Waals surface area (Å²) < 4.78 is 10.1. The largest absolute Gasteiger partial charge is 0.545 e. The van der Waals surface area contributed by atoms with Gasteiger partial charge in [-0.15, -0.1) is 0 Å². The minimum absolute atomic E-state index is 0.0590. The van der Waals surface area contributed by atoms with E-state index in [4.69, 9.17) is 9.47 Å². The Kier molecular flexibility index (Phi) is 7.10. The van der Waals surface area contributed by atoms with Gasteiger partial charge in [0.1, 0.15) is 11.5 Å². The van der Waals surface area contributed by atoms with Gasteiger partial charge in [0.25, 0.3) is 0 Å². The van der Waals surface area contributed by atoms with Crippen molar-refractivity contribution in [2.45, 2.75) is 0 Å². The van der Waals surface area contributed by atoms with Crippen molar-refractivity contribution in [1.82, 2.24) is 0 Å². The topological polar surface area (TPSA) is 213 Å². The van der Waals surface area contributed by atoms with E-state index in [1.165, 1.54) is 24.3 Å². The molecule has 0 bridgehead atoms. The van der Waals surface area contributed by atoms with Crippen LogP contribution in [0.4, 0.5) is 0 Å². The number of hydrogen-bond acceptors (Lipinski definition) is 12. The summed E-state index contributed by atoms with van der Waals surface area (Å²) in [6.07, 6.45) is 0. The molecule has 0 amide bonds. The van der Waals surface area contributed by atoms with Gasteiger partial charge in [-0.2, -0.15) is 0 Å². The second-order valence-corrected chi connectivity index (χ2v) is 6.92. The number of benzene rings is 3. The maximum atomic E-state index is 12.3. The Morgan fingerprint density at radius 2 is 0.750 bits per heavy atom. The first kappa shape index (κ1) is 25.1. The highest BCUT2D eigenvalue weighted by molar-refractivity contribution is 6.04. The molecule has 3 aromatic rings. The SMILES string of the molecule is O=C(Oc1ccc(OC(=O)c2ccc(C(=O)[O-])c(C(=O)[O-])c2)cc1)c1ccc(C(=O)[O-])c(C(=O)[O-])c1. The van der Waals surface area contributed by atoms with Crippen LogP contribution in [0.2, 0.25) is 0 Å². The number of carboxylic acid groups (broad SMARTS) is 4. The number of carbonyl (C=O) groups excluding carboxylic acids is 6. The average molecular weight is 490 g/mol. The first-order valence-corrected chi connectivity index (χ1v) is 9.66. The molecule has 0 unspecified atom stereocenters. The molecule has 0 atom stereocenters. The number of hydrogen-bond donors (Lipinski definition) is 0. The fourth-order valence-corrected chi connectivity index (χ4v) is 2.94. The predicted octanol–water partition coefficient (Wildman–Crippen LogP) is -2.42. The zero-order valence-corrected chi connectivity index (χ0v) is 17.7. The van der Waals surface area contributed by atoms with Crippen molar-refractivity contribution in [3.63, 3.8) is 0 Å². The number of rotatable bonds is 8. The first-order chi connectivity index (χ1) is 17.0. The maximum Gasteiger partial charge on any atom is 0.343 e. The van der Waals surface area contributed by atoms with Gasteiger partial charge >= 0.3 is 11.9 Å². The minimum atomic E-state index is -1.84. The highest BCUT2D eigenvalue weighted by Gasteiger charge is 2.15. The molecule has 0 aliphatic rings. The van der Waals surface area contributed by atoms with E-state index in [1.807, 2.05) is 0 Å². The van der Waals surface area contributed by atoms with E-state index in [9.17, 15) is 49.2 Å². The van der Waals surface area contributed by atoms with Crippen LogP contribution in [0.3, 0.4) is 0 Å². The third kappa shape index (κ3) is 5.51. The molecule has 12 nitrogen and oxygen atoms in total. The van der Waals surface area contributed by atoms with Gasteiger partial charge in [-0.05, 0) is 48.5 Å². The number of carboxylic acids is 4. The van der Waals surface area contributed by atoms with Crippen molar-refractivity contribution >= 4 is 35.8 Å². The lowest BCUT2D eigenvalue weighted by Crippen LogP contribution is -2.30. The molecule has 0 heterocycles. The Morgan fingerprint density at radius 3 is 1.03 bits per heavy atom. The molecule has 36 heavy (non-hydrogen) atoms. The van der Waals surface area contributed by atoms with Crippen molar-refractivity contribution < 1.29 is 58.7 Å². The Bertz CT molecular complexity index is 1310. The van der Waals surface area contributed by atoms with E-state index in [2.05, 4.69) is 0 Å². The van der Waals surface area contributed by atoms with Gasteiger partial charge in [0, 0.05) is 22.3 Å². The van der Waals surface area contributed by atoms with Crippen molar-refractivity contribution in [2.24, 2.45) is 0 Å². The molecule has 3 rings (SSSR count). The van der Waals surface area contributed by atoms with Crippen LogP contribution in [-0.2, 0) is 0 Å². The number of ether oxygens (including phenoxy) is 2. The van der Waals surface area contributed by atoms with E-state index in [1.54, 1.807) is 0 Å². The Labute approximate surface area is 200 Å². The summed E-state index contributed by atoms with van der Waals surface area (Å²) in [4.78, 5) is 68.8. The Balaban J connectivity index is 1.73. The Morgan fingerprint density at radius 1 is 0.444 bits per heavy atom. The summed E-state index contributed by atoms with van der Waals surface area (Å²) in [6, 6.07) is 10.1. The molecule has 0 radical (unpaired) electrons. The first-order valence-electron chi connectivity index (χ1n) is 9.66. The molecule has 0 aliphatic carbocycles. The standard InChI is InChI=1S/C24H14O12/c25-19(26)15-7-1-11(9-17(15)21(29)30)23(33)35-13-3-5-14(6-4-13)36-24(34)12-2-8-16(20(27)28)18(10-12)22(31)32/h1-10H,(H,25,26)(H,27,28)(H,29,30)(H,31,32)/p-4. The van der Waals surface area contributed by atoms with Gasteiger partial charge in [-0.3, -0.25) is 0 Å².